The van der Waals surface area contributed by atoms with Crippen molar-refractivity contribution in [3.8, 4) is 12.3 Å². The molecule has 1 aromatic rings. The molecule has 0 heterocycles. The highest BCUT2D eigenvalue weighted by atomic mass is 16.1. The van der Waals surface area contributed by atoms with Gasteiger partial charge in [-0.3, -0.25) is 4.79 Å². The van der Waals surface area contributed by atoms with Gasteiger partial charge in [0.1, 0.15) is 0 Å². The normalized spacial score (nSPS) is 11.1. The molecule has 3 heteroatoms. The van der Waals surface area contributed by atoms with Crippen LogP contribution < -0.4 is 11.1 Å². The minimum Gasteiger partial charge on any atom is -0.399 e. The molecule has 1 aromatic carbocycles. The highest BCUT2D eigenvalue weighted by Gasteiger charge is 2.14. The minimum absolute atomic E-state index is 0.218. The Labute approximate surface area is 102 Å². The fourth-order valence-corrected chi connectivity index (χ4v) is 1.16. The number of rotatable bonds is 3. The molecule has 0 atom stereocenters. The fraction of sp³-hybridized carbons (Fsp3) is 0.214. The topological polar surface area (TPSA) is 55.1 Å². The lowest BCUT2D eigenvalue weighted by atomic mass is 10.1. The second kappa shape index (κ2) is 5.22. The van der Waals surface area contributed by atoms with E-state index in [-0.39, 0.29) is 5.91 Å². The quantitative estimate of drug-likeness (QED) is 0.471. The molecule has 0 fully saturated rings. The van der Waals surface area contributed by atoms with Gasteiger partial charge in [0.05, 0.1) is 5.54 Å². The van der Waals surface area contributed by atoms with Crippen LogP contribution in [-0.2, 0) is 4.79 Å². The third-order valence-corrected chi connectivity index (χ3v) is 2.16. The SMILES string of the molecule is C#CC(C)(C)NC(=O)/C=C/c1ccc(N)cc1. The summed E-state index contributed by atoms with van der Waals surface area (Å²) in [5, 5.41) is 2.70. The summed E-state index contributed by atoms with van der Waals surface area (Å²) in [4.78, 5) is 11.5. The zero-order valence-corrected chi connectivity index (χ0v) is 10.0. The largest absolute Gasteiger partial charge is 0.399 e. The van der Waals surface area contributed by atoms with Crippen LogP contribution in [0.5, 0.6) is 0 Å². The summed E-state index contributed by atoms with van der Waals surface area (Å²) in [7, 11) is 0. The molecular formula is C14H16N2O. The lowest BCUT2D eigenvalue weighted by molar-refractivity contribution is -0.117. The molecule has 0 radical (unpaired) electrons. The maximum atomic E-state index is 11.5. The molecule has 0 saturated carbocycles. The number of anilines is 1. The van der Waals surface area contributed by atoms with Gasteiger partial charge >= 0.3 is 0 Å². The van der Waals surface area contributed by atoms with Gasteiger partial charge in [-0.25, -0.2) is 0 Å². The second-order valence-electron chi connectivity index (χ2n) is 4.26. The van der Waals surface area contributed by atoms with E-state index >= 15 is 0 Å². The lowest BCUT2D eigenvalue weighted by Crippen LogP contribution is -2.41. The van der Waals surface area contributed by atoms with E-state index in [9.17, 15) is 4.79 Å². The Hall–Kier alpha value is -2.21. The maximum Gasteiger partial charge on any atom is 0.245 e. The zero-order chi connectivity index (χ0) is 12.9. The summed E-state index contributed by atoms with van der Waals surface area (Å²) in [6.07, 6.45) is 8.43. The van der Waals surface area contributed by atoms with Gasteiger partial charge in [0.2, 0.25) is 5.91 Å². The van der Waals surface area contributed by atoms with Gasteiger partial charge < -0.3 is 11.1 Å². The number of amides is 1. The first-order chi connectivity index (χ1) is 7.93. The van der Waals surface area contributed by atoms with Crippen LogP contribution in [0.2, 0.25) is 0 Å². The lowest BCUT2D eigenvalue weighted by Gasteiger charge is -2.17. The Morgan fingerprint density at radius 2 is 2.00 bits per heavy atom. The average molecular weight is 228 g/mol. The van der Waals surface area contributed by atoms with E-state index in [2.05, 4.69) is 11.2 Å². The van der Waals surface area contributed by atoms with Crippen molar-refractivity contribution >= 4 is 17.7 Å². The smallest absolute Gasteiger partial charge is 0.245 e. The van der Waals surface area contributed by atoms with E-state index in [0.717, 1.165) is 5.56 Å². The van der Waals surface area contributed by atoms with Crippen molar-refractivity contribution in [1.29, 1.82) is 0 Å². The molecule has 0 aliphatic carbocycles. The van der Waals surface area contributed by atoms with Gasteiger partial charge in [0, 0.05) is 11.8 Å². The Bertz CT molecular complexity index is 464. The standard InChI is InChI=1S/C14H16N2O/c1-4-14(2,3)16-13(17)10-7-11-5-8-12(15)9-6-11/h1,5-10H,15H2,2-3H3,(H,16,17)/b10-7+. The Morgan fingerprint density at radius 3 is 2.53 bits per heavy atom. The first-order valence-electron chi connectivity index (χ1n) is 5.26. The first-order valence-corrected chi connectivity index (χ1v) is 5.26. The number of hydrogen-bond donors (Lipinski definition) is 2. The van der Waals surface area contributed by atoms with Crippen molar-refractivity contribution in [2.24, 2.45) is 0 Å². The summed E-state index contributed by atoms with van der Waals surface area (Å²) in [5.41, 5.74) is 6.53. The third kappa shape index (κ3) is 4.43. The van der Waals surface area contributed by atoms with Gasteiger partial charge in [-0.2, -0.15) is 0 Å². The van der Waals surface area contributed by atoms with Gasteiger partial charge in [-0.1, -0.05) is 18.1 Å². The van der Waals surface area contributed by atoms with Crippen molar-refractivity contribution in [3.63, 3.8) is 0 Å². The molecule has 0 aromatic heterocycles. The van der Waals surface area contributed by atoms with E-state index in [0.29, 0.717) is 5.69 Å². The van der Waals surface area contributed by atoms with E-state index in [1.54, 1.807) is 32.1 Å². The molecule has 0 unspecified atom stereocenters. The van der Waals surface area contributed by atoms with Crippen LogP contribution in [-0.4, -0.2) is 11.4 Å². The molecular weight excluding hydrogens is 212 g/mol. The fourth-order valence-electron chi connectivity index (χ4n) is 1.16. The number of nitrogen functional groups attached to an aromatic ring is 1. The van der Waals surface area contributed by atoms with E-state index in [1.165, 1.54) is 6.08 Å². The van der Waals surface area contributed by atoms with Crippen molar-refractivity contribution in [3.05, 3.63) is 35.9 Å². The molecule has 1 amide bonds. The van der Waals surface area contributed by atoms with Crippen LogP contribution >= 0.6 is 0 Å². The molecule has 1 rings (SSSR count). The number of carbonyl (C=O) groups is 1. The molecule has 3 nitrogen and oxygen atoms in total. The van der Waals surface area contributed by atoms with Gasteiger partial charge in [-0.15, -0.1) is 6.42 Å². The first kappa shape index (κ1) is 12.9. The van der Waals surface area contributed by atoms with Crippen LogP contribution in [0.15, 0.2) is 30.3 Å². The molecule has 0 bridgehead atoms. The third-order valence-electron chi connectivity index (χ3n) is 2.16. The second-order valence-corrected chi connectivity index (χ2v) is 4.26. The van der Waals surface area contributed by atoms with Crippen molar-refractivity contribution in [2.75, 3.05) is 5.73 Å². The number of hydrogen-bond acceptors (Lipinski definition) is 2. The van der Waals surface area contributed by atoms with Crippen LogP contribution in [0.25, 0.3) is 6.08 Å². The minimum atomic E-state index is -0.636. The number of benzene rings is 1. The van der Waals surface area contributed by atoms with Gasteiger partial charge in [-0.05, 0) is 37.6 Å². The van der Waals surface area contributed by atoms with Crippen molar-refractivity contribution in [1.82, 2.24) is 5.32 Å². The van der Waals surface area contributed by atoms with Gasteiger partial charge in [0.15, 0.2) is 0 Å². The average Bonchev–Trinajstić information content (AvgIpc) is 2.28. The summed E-state index contributed by atoms with van der Waals surface area (Å²) in [6, 6.07) is 7.24. The summed E-state index contributed by atoms with van der Waals surface area (Å²) >= 11 is 0. The molecule has 0 saturated heterocycles. The highest BCUT2D eigenvalue weighted by molar-refractivity contribution is 5.92. The predicted octanol–water partition coefficient (Wildman–Crippen LogP) is 1.81. The maximum absolute atomic E-state index is 11.5. The molecule has 88 valence electrons. The summed E-state index contributed by atoms with van der Waals surface area (Å²) < 4.78 is 0. The number of terminal acetylenes is 1. The van der Waals surface area contributed by atoms with Crippen LogP contribution in [0, 0.1) is 12.3 Å². The van der Waals surface area contributed by atoms with Crippen LogP contribution in [0.1, 0.15) is 19.4 Å². The van der Waals surface area contributed by atoms with E-state index in [1.807, 2.05) is 12.1 Å². The summed E-state index contributed by atoms with van der Waals surface area (Å²) in [5.74, 6) is 2.28. The molecule has 3 N–H and O–H groups in total. The highest BCUT2D eigenvalue weighted by Crippen LogP contribution is 2.07. The molecule has 17 heavy (non-hydrogen) atoms. The Morgan fingerprint density at radius 1 is 1.41 bits per heavy atom. The van der Waals surface area contributed by atoms with Gasteiger partial charge in [0.25, 0.3) is 0 Å². The Balaban J connectivity index is 2.63. The van der Waals surface area contributed by atoms with Crippen molar-refractivity contribution < 1.29 is 4.79 Å². The van der Waals surface area contributed by atoms with Crippen molar-refractivity contribution in [2.45, 2.75) is 19.4 Å². The molecule has 0 aliphatic rings. The van der Waals surface area contributed by atoms with E-state index < -0.39 is 5.54 Å². The molecule has 0 spiro atoms. The Kier molecular flexibility index (Phi) is 3.95. The monoisotopic (exact) mass is 228 g/mol. The molecule has 0 aliphatic heterocycles. The number of carbonyl (C=O) groups excluding carboxylic acids is 1. The summed E-state index contributed by atoms with van der Waals surface area (Å²) in [6.45, 7) is 3.53. The zero-order valence-electron chi connectivity index (χ0n) is 10.0. The van der Waals surface area contributed by atoms with Crippen LogP contribution in [0.4, 0.5) is 5.69 Å². The number of nitrogens with one attached hydrogen (secondary N) is 1. The number of nitrogens with two attached hydrogens (primary N) is 1. The predicted molar refractivity (Wildman–Crippen MR) is 70.9 cm³/mol. The van der Waals surface area contributed by atoms with Crippen LogP contribution in [0.3, 0.4) is 0 Å². The van der Waals surface area contributed by atoms with E-state index in [4.69, 9.17) is 12.2 Å².